The summed E-state index contributed by atoms with van der Waals surface area (Å²) in [4.78, 5) is 0. The van der Waals surface area contributed by atoms with Gasteiger partial charge in [-0.1, -0.05) is 29.8 Å². The summed E-state index contributed by atoms with van der Waals surface area (Å²) in [6.07, 6.45) is 0. The zero-order valence-electron chi connectivity index (χ0n) is 10.7. The van der Waals surface area contributed by atoms with Gasteiger partial charge in [0.05, 0.1) is 6.04 Å². The van der Waals surface area contributed by atoms with Crippen molar-refractivity contribution in [1.29, 1.82) is 0 Å². The lowest BCUT2D eigenvalue weighted by Gasteiger charge is -2.18. The molecule has 2 rings (SSSR count). The zero-order chi connectivity index (χ0) is 14.0. The van der Waals surface area contributed by atoms with Crippen LogP contribution in [0.3, 0.4) is 0 Å². The second-order valence-corrected chi connectivity index (χ2v) is 4.80. The Hall–Kier alpha value is -1.45. The van der Waals surface area contributed by atoms with Crippen LogP contribution in [0.4, 0.5) is 8.78 Å². The van der Waals surface area contributed by atoms with Crippen LogP contribution in [0, 0.1) is 18.6 Å². The highest BCUT2D eigenvalue weighted by Crippen LogP contribution is 2.27. The quantitative estimate of drug-likeness (QED) is 0.887. The molecular formula is C15H14ClF2N. The molecule has 2 aromatic carbocycles. The third-order valence-corrected chi connectivity index (χ3v) is 3.50. The van der Waals surface area contributed by atoms with Gasteiger partial charge in [0.25, 0.3) is 0 Å². The van der Waals surface area contributed by atoms with Gasteiger partial charge in [-0.05, 0) is 37.2 Å². The maximum atomic E-state index is 13.8. The fourth-order valence-electron chi connectivity index (χ4n) is 2.08. The van der Waals surface area contributed by atoms with Crippen molar-refractivity contribution in [2.24, 2.45) is 0 Å². The van der Waals surface area contributed by atoms with Crippen molar-refractivity contribution in [1.82, 2.24) is 5.32 Å². The first kappa shape index (κ1) is 14.0. The van der Waals surface area contributed by atoms with Crippen molar-refractivity contribution in [3.63, 3.8) is 0 Å². The highest BCUT2D eigenvalue weighted by atomic mass is 35.5. The molecule has 1 nitrogen and oxygen atoms in total. The Balaban J connectivity index is 2.46. The molecule has 0 radical (unpaired) electrons. The van der Waals surface area contributed by atoms with E-state index in [1.165, 1.54) is 12.1 Å². The van der Waals surface area contributed by atoms with Crippen LogP contribution in [0.5, 0.6) is 0 Å². The lowest BCUT2D eigenvalue weighted by Crippen LogP contribution is -2.19. The Bertz CT molecular complexity index is 599. The number of benzene rings is 2. The van der Waals surface area contributed by atoms with Gasteiger partial charge in [0.1, 0.15) is 11.6 Å². The van der Waals surface area contributed by atoms with E-state index in [0.29, 0.717) is 10.6 Å². The van der Waals surface area contributed by atoms with Gasteiger partial charge in [0.2, 0.25) is 0 Å². The molecule has 0 aromatic heterocycles. The average molecular weight is 282 g/mol. The molecule has 0 saturated heterocycles. The van der Waals surface area contributed by atoms with Crippen molar-refractivity contribution in [2.75, 3.05) is 7.05 Å². The maximum absolute atomic E-state index is 13.8. The Morgan fingerprint density at radius 1 is 1.11 bits per heavy atom. The van der Waals surface area contributed by atoms with E-state index in [-0.39, 0.29) is 6.04 Å². The molecule has 0 amide bonds. The highest BCUT2D eigenvalue weighted by Gasteiger charge is 2.17. The van der Waals surface area contributed by atoms with Crippen molar-refractivity contribution in [3.05, 3.63) is 69.7 Å². The highest BCUT2D eigenvalue weighted by molar-refractivity contribution is 6.31. The Morgan fingerprint density at radius 3 is 2.42 bits per heavy atom. The number of rotatable bonds is 3. The molecule has 0 aliphatic carbocycles. The van der Waals surface area contributed by atoms with Gasteiger partial charge in [-0.3, -0.25) is 0 Å². The smallest absolute Gasteiger partial charge is 0.131 e. The molecule has 0 aliphatic rings. The molecule has 1 atom stereocenters. The Morgan fingerprint density at radius 2 is 1.84 bits per heavy atom. The molecule has 0 aliphatic heterocycles. The monoisotopic (exact) mass is 281 g/mol. The summed E-state index contributed by atoms with van der Waals surface area (Å²) in [7, 11) is 1.73. The zero-order valence-corrected chi connectivity index (χ0v) is 11.4. The number of nitrogens with one attached hydrogen (secondary N) is 1. The minimum atomic E-state index is -0.580. The standard InChI is InChI=1S/C15H14ClF2N/c1-9-7-10(3-6-13(9)16)15(19-2)12-5-4-11(17)8-14(12)18/h3-8,15,19H,1-2H3. The molecule has 0 spiro atoms. The minimum Gasteiger partial charge on any atom is -0.309 e. The predicted octanol–water partition coefficient (Wildman–Crippen LogP) is 4.24. The summed E-state index contributed by atoms with van der Waals surface area (Å²) in [5.74, 6) is -1.14. The lowest BCUT2D eigenvalue weighted by molar-refractivity contribution is 0.551. The third kappa shape index (κ3) is 2.94. The van der Waals surface area contributed by atoms with Crippen LogP contribution < -0.4 is 5.32 Å². The van der Waals surface area contributed by atoms with E-state index >= 15 is 0 Å². The molecule has 0 fully saturated rings. The first-order valence-electron chi connectivity index (χ1n) is 5.91. The first-order chi connectivity index (χ1) is 9.02. The fraction of sp³-hybridized carbons (Fsp3) is 0.200. The maximum Gasteiger partial charge on any atom is 0.131 e. The second-order valence-electron chi connectivity index (χ2n) is 4.40. The molecule has 2 aromatic rings. The van der Waals surface area contributed by atoms with E-state index in [0.717, 1.165) is 17.2 Å². The van der Waals surface area contributed by atoms with Gasteiger partial charge >= 0.3 is 0 Å². The molecule has 100 valence electrons. The molecule has 4 heteroatoms. The largest absolute Gasteiger partial charge is 0.309 e. The second kappa shape index (κ2) is 5.68. The molecular weight excluding hydrogens is 268 g/mol. The third-order valence-electron chi connectivity index (χ3n) is 3.08. The van der Waals surface area contributed by atoms with Crippen LogP contribution in [-0.4, -0.2) is 7.05 Å². The van der Waals surface area contributed by atoms with Crippen molar-refractivity contribution < 1.29 is 8.78 Å². The van der Waals surface area contributed by atoms with E-state index in [1.807, 2.05) is 19.1 Å². The van der Waals surface area contributed by atoms with Crippen LogP contribution >= 0.6 is 11.6 Å². The normalized spacial score (nSPS) is 12.5. The van der Waals surface area contributed by atoms with Crippen LogP contribution in [0.1, 0.15) is 22.7 Å². The van der Waals surface area contributed by atoms with Crippen LogP contribution in [0.25, 0.3) is 0 Å². The predicted molar refractivity (Wildman–Crippen MR) is 73.4 cm³/mol. The van der Waals surface area contributed by atoms with Crippen LogP contribution in [0.2, 0.25) is 5.02 Å². The van der Waals surface area contributed by atoms with Crippen LogP contribution in [0.15, 0.2) is 36.4 Å². The molecule has 1 unspecified atom stereocenters. The van der Waals surface area contributed by atoms with Crippen molar-refractivity contribution in [2.45, 2.75) is 13.0 Å². The number of halogens is 3. The summed E-state index contributed by atoms with van der Waals surface area (Å²) >= 11 is 5.98. The van der Waals surface area contributed by atoms with Gasteiger partial charge in [-0.15, -0.1) is 0 Å². The van der Waals surface area contributed by atoms with Crippen molar-refractivity contribution in [3.8, 4) is 0 Å². The topological polar surface area (TPSA) is 12.0 Å². The summed E-state index contributed by atoms with van der Waals surface area (Å²) in [5, 5.41) is 3.70. The molecule has 0 saturated carbocycles. The van der Waals surface area contributed by atoms with E-state index < -0.39 is 11.6 Å². The SMILES string of the molecule is CNC(c1ccc(Cl)c(C)c1)c1ccc(F)cc1F. The van der Waals surface area contributed by atoms with Gasteiger partial charge in [0.15, 0.2) is 0 Å². The molecule has 0 heterocycles. The van der Waals surface area contributed by atoms with E-state index in [4.69, 9.17) is 11.6 Å². The van der Waals surface area contributed by atoms with Gasteiger partial charge < -0.3 is 5.32 Å². The molecule has 1 N–H and O–H groups in total. The lowest BCUT2D eigenvalue weighted by atomic mass is 9.97. The van der Waals surface area contributed by atoms with E-state index in [9.17, 15) is 8.78 Å². The van der Waals surface area contributed by atoms with E-state index in [1.54, 1.807) is 13.1 Å². The summed E-state index contributed by atoms with van der Waals surface area (Å²) < 4.78 is 26.8. The summed E-state index contributed by atoms with van der Waals surface area (Å²) in [5.41, 5.74) is 2.21. The first-order valence-corrected chi connectivity index (χ1v) is 6.29. The fourth-order valence-corrected chi connectivity index (χ4v) is 2.20. The summed E-state index contributed by atoms with van der Waals surface area (Å²) in [6.45, 7) is 1.89. The minimum absolute atomic E-state index is 0.337. The number of hydrogen-bond donors (Lipinski definition) is 1. The summed E-state index contributed by atoms with van der Waals surface area (Å²) in [6, 6.07) is 8.77. The number of hydrogen-bond acceptors (Lipinski definition) is 1. The Labute approximate surface area is 116 Å². The van der Waals surface area contributed by atoms with Crippen molar-refractivity contribution >= 4 is 11.6 Å². The van der Waals surface area contributed by atoms with Crippen LogP contribution in [-0.2, 0) is 0 Å². The molecule has 0 bridgehead atoms. The van der Waals surface area contributed by atoms with Gasteiger partial charge in [-0.2, -0.15) is 0 Å². The van der Waals surface area contributed by atoms with Gasteiger partial charge in [0, 0.05) is 16.7 Å². The molecule has 19 heavy (non-hydrogen) atoms. The van der Waals surface area contributed by atoms with Gasteiger partial charge in [-0.25, -0.2) is 8.78 Å². The Kier molecular flexibility index (Phi) is 4.17. The average Bonchev–Trinajstić information content (AvgIpc) is 2.37. The van der Waals surface area contributed by atoms with E-state index in [2.05, 4.69) is 5.32 Å². The number of aryl methyl sites for hydroxylation is 1.